The molecule has 2 aromatic carbocycles. The summed E-state index contributed by atoms with van der Waals surface area (Å²) >= 11 is 0. The molecule has 110 valence electrons. The van der Waals surface area contributed by atoms with Crippen LogP contribution in [0.5, 0.6) is 0 Å². The lowest BCUT2D eigenvalue weighted by atomic mass is 9.97. The fraction of sp³-hybridized carbons (Fsp3) is 0.263. The molecule has 1 aliphatic carbocycles. The van der Waals surface area contributed by atoms with Gasteiger partial charge in [-0.15, -0.1) is 0 Å². The van der Waals surface area contributed by atoms with Gasteiger partial charge in [0.25, 0.3) is 0 Å². The Morgan fingerprint density at radius 1 is 0.955 bits per heavy atom. The molecule has 3 heteroatoms. The zero-order valence-corrected chi connectivity index (χ0v) is 12.2. The van der Waals surface area contributed by atoms with Crippen molar-refractivity contribution in [3.63, 3.8) is 0 Å². The van der Waals surface area contributed by atoms with Gasteiger partial charge in [0.1, 0.15) is 0 Å². The van der Waals surface area contributed by atoms with E-state index >= 15 is 0 Å². The Balaban J connectivity index is 1.56. The second-order valence-corrected chi connectivity index (χ2v) is 6.27. The number of likely N-dealkylation sites (tertiary alicyclic amines) is 1. The highest BCUT2D eigenvalue weighted by Gasteiger charge is 2.66. The van der Waals surface area contributed by atoms with E-state index < -0.39 is 5.41 Å². The van der Waals surface area contributed by atoms with Crippen molar-refractivity contribution in [1.82, 2.24) is 4.90 Å². The van der Waals surface area contributed by atoms with Crippen molar-refractivity contribution >= 4 is 11.8 Å². The fourth-order valence-corrected chi connectivity index (χ4v) is 3.61. The van der Waals surface area contributed by atoms with Crippen molar-refractivity contribution in [3.8, 4) is 0 Å². The summed E-state index contributed by atoms with van der Waals surface area (Å²) in [6.45, 7) is 0.391. The molecule has 1 saturated heterocycles. The van der Waals surface area contributed by atoms with Crippen LogP contribution in [0, 0.1) is 5.41 Å². The molecule has 0 unspecified atom stereocenters. The number of carbonyl (C=O) groups is 2. The van der Waals surface area contributed by atoms with Gasteiger partial charge in [0.15, 0.2) is 0 Å². The van der Waals surface area contributed by atoms with E-state index in [1.54, 1.807) is 0 Å². The second-order valence-electron chi connectivity index (χ2n) is 6.27. The standard InChI is InChI=1S/C19H17NO2/c21-17-12-19(11-16(19)15-9-5-2-6-10-15)18(22)20(17)13-14-7-3-1-4-8-14/h1-10,16H,11-13H2/t16-,19+/m1/s1. The van der Waals surface area contributed by atoms with E-state index in [1.807, 2.05) is 48.5 Å². The van der Waals surface area contributed by atoms with E-state index in [4.69, 9.17) is 0 Å². The first-order valence-electron chi connectivity index (χ1n) is 7.64. The summed E-state index contributed by atoms with van der Waals surface area (Å²) in [7, 11) is 0. The number of rotatable bonds is 3. The van der Waals surface area contributed by atoms with Crippen LogP contribution in [0.25, 0.3) is 0 Å². The number of benzene rings is 2. The Hall–Kier alpha value is -2.42. The van der Waals surface area contributed by atoms with Crippen LogP contribution in [-0.4, -0.2) is 16.7 Å². The molecular weight excluding hydrogens is 274 g/mol. The van der Waals surface area contributed by atoms with Gasteiger partial charge in [-0.2, -0.15) is 0 Å². The molecule has 0 bridgehead atoms. The topological polar surface area (TPSA) is 37.4 Å². The van der Waals surface area contributed by atoms with Crippen LogP contribution in [0.15, 0.2) is 60.7 Å². The van der Waals surface area contributed by atoms with Gasteiger partial charge in [0.2, 0.25) is 11.8 Å². The van der Waals surface area contributed by atoms with Crippen molar-refractivity contribution in [2.75, 3.05) is 0 Å². The van der Waals surface area contributed by atoms with Crippen molar-refractivity contribution in [3.05, 3.63) is 71.8 Å². The number of nitrogens with zero attached hydrogens (tertiary/aromatic N) is 1. The Morgan fingerprint density at radius 2 is 1.59 bits per heavy atom. The van der Waals surface area contributed by atoms with Crippen LogP contribution in [0.4, 0.5) is 0 Å². The van der Waals surface area contributed by atoms with Gasteiger partial charge in [0, 0.05) is 6.42 Å². The molecule has 1 heterocycles. The Labute approximate surface area is 129 Å². The van der Waals surface area contributed by atoms with Crippen LogP contribution in [0.1, 0.15) is 29.9 Å². The average molecular weight is 291 g/mol. The molecule has 2 aromatic rings. The third-order valence-corrected chi connectivity index (χ3v) is 4.90. The highest BCUT2D eigenvalue weighted by Crippen LogP contribution is 2.65. The van der Waals surface area contributed by atoms with Gasteiger partial charge in [0.05, 0.1) is 12.0 Å². The van der Waals surface area contributed by atoms with Crippen molar-refractivity contribution in [1.29, 1.82) is 0 Å². The molecule has 22 heavy (non-hydrogen) atoms. The molecule has 1 saturated carbocycles. The Kier molecular flexibility index (Phi) is 2.89. The predicted octanol–water partition coefficient (Wildman–Crippen LogP) is 3.12. The maximum Gasteiger partial charge on any atom is 0.236 e. The summed E-state index contributed by atoms with van der Waals surface area (Å²) in [6, 6.07) is 19.8. The minimum atomic E-state index is -0.465. The zero-order chi connectivity index (χ0) is 15.2. The quantitative estimate of drug-likeness (QED) is 0.815. The molecule has 2 fully saturated rings. The minimum Gasteiger partial charge on any atom is -0.278 e. The molecule has 2 atom stereocenters. The summed E-state index contributed by atoms with van der Waals surface area (Å²) in [5.74, 6) is 0.174. The summed E-state index contributed by atoms with van der Waals surface area (Å²) < 4.78 is 0. The van der Waals surface area contributed by atoms with Crippen LogP contribution >= 0.6 is 0 Å². The molecule has 0 N–H and O–H groups in total. The monoisotopic (exact) mass is 291 g/mol. The molecule has 3 nitrogen and oxygen atoms in total. The molecular formula is C19H17NO2. The number of imide groups is 1. The summed E-state index contributed by atoms with van der Waals surface area (Å²) in [5.41, 5.74) is 1.70. The Morgan fingerprint density at radius 3 is 2.27 bits per heavy atom. The molecule has 2 amide bonds. The van der Waals surface area contributed by atoms with E-state index in [1.165, 1.54) is 10.5 Å². The number of hydrogen-bond acceptors (Lipinski definition) is 2. The van der Waals surface area contributed by atoms with Gasteiger partial charge in [-0.25, -0.2) is 0 Å². The summed E-state index contributed by atoms with van der Waals surface area (Å²) in [5, 5.41) is 0. The van der Waals surface area contributed by atoms with Gasteiger partial charge in [-0.3, -0.25) is 14.5 Å². The van der Waals surface area contributed by atoms with Crippen molar-refractivity contribution in [2.45, 2.75) is 25.3 Å². The zero-order valence-electron chi connectivity index (χ0n) is 12.2. The first kappa shape index (κ1) is 13.3. The molecule has 1 spiro atoms. The summed E-state index contributed by atoms with van der Waals surface area (Å²) in [4.78, 5) is 26.6. The maximum absolute atomic E-state index is 12.8. The maximum atomic E-state index is 12.8. The predicted molar refractivity (Wildman–Crippen MR) is 82.8 cm³/mol. The van der Waals surface area contributed by atoms with Crippen molar-refractivity contribution < 1.29 is 9.59 Å². The third kappa shape index (κ3) is 1.97. The van der Waals surface area contributed by atoms with Crippen LogP contribution < -0.4 is 0 Å². The van der Waals surface area contributed by atoms with Gasteiger partial charge in [-0.05, 0) is 23.5 Å². The highest BCUT2D eigenvalue weighted by atomic mass is 16.2. The van der Waals surface area contributed by atoms with Crippen LogP contribution in [0.2, 0.25) is 0 Å². The molecule has 2 aliphatic rings. The van der Waals surface area contributed by atoms with E-state index in [9.17, 15) is 9.59 Å². The number of carbonyl (C=O) groups excluding carboxylic acids is 2. The van der Waals surface area contributed by atoms with Crippen LogP contribution in [-0.2, 0) is 16.1 Å². The highest BCUT2D eigenvalue weighted by molar-refractivity contribution is 6.08. The minimum absolute atomic E-state index is 0.00945. The number of amides is 2. The molecule has 4 rings (SSSR count). The van der Waals surface area contributed by atoms with Gasteiger partial charge in [-0.1, -0.05) is 60.7 Å². The van der Waals surface area contributed by atoms with E-state index in [2.05, 4.69) is 12.1 Å². The first-order valence-corrected chi connectivity index (χ1v) is 7.64. The average Bonchev–Trinajstić information content (AvgIpc) is 3.23. The molecule has 0 aromatic heterocycles. The van der Waals surface area contributed by atoms with E-state index in [0.717, 1.165) is 12.0 Å². The van der Waals surface area contributed by atoms with E-state index in [-0.39, 0.29) is 17.7 Å². The SMILES string of the molecule is O=C1C[C@]2(C[C@@H]2c2ccccc2)C(=O)N1Cc1ccccc1. The number of hydrogen-bond donors (Lipinski definition) is 0. The van der Waals surface area contributed by atoms with Crippen molar-refractivity contribution in [2.24, 2.45) is 5.41 Å². The van der Waals surface area contributed by atoms with Gasteiger partial charge < -0.3 is 0 Å². The summed E-state index contributed by atoms with van der Waals surface area (Å²) in [6.07, 6.45) is 1.16. The van der Waals surface area contributed by atoms with Crippen LogP contribution in [0.3, 0.4) is 0 Å². The third-order valence-electron chi connectivity index (χ3n) is 4.90. The Bertz CT molecular complexity index is 726. The first-order chi connectivity index (χ1) is 10.7. The lowest BCUT2D eigenvalue weighted by molar-refractivity contribution is -0.140. The normalized spacial score (nSPS) is 26.7. The molecule has 0 radical (unpaired) electrons. The van der Waals surface area contributed by atoms with E-state index in [0.29, 0.717) is 13.0 Å². The largest absolute Gasteiger partial charge is 0.278 e. The lowest BCUT2D eigenvalue weighted by Crippen LogP contribution is -2.30. The molecule has 1 aliphatic heterocycles. The second kappa shape index (κ2) is 4.80. The lowest BCUT2D eigenvalue weighted by Gasteiger charge is -2.15. The smallest absolute Gasteiger partial charge is 0.236 e. The fourth-order valence-electron chi connectivity index (χ4n) is 3.61. The van der Waals surface area contributed by atoms with Gasteiger partial charge >= 0.3 is 0 Å².